The lowest BCUT2D eigenvalue weighted by Crippen LogP contribution is -2.25. The zero-order valence-corrected chi connectivity index (χ0v) is 12.9. The van der Waals surface area contributed by atoms with E-state index in [0.717, 1.165) is 12.6 Å². The smallest absolute Gasteiger partial charge is 0.153 e. The molecule has 1 aromatic heterocycles. The van der Waals surface area contributed by atoms with Crippen LogP contribution in [0.15, 0.2) is 12.1 Å². The first-order valence-corrected chi connectivity index (χ1v) is 7.60. The van der Waals surface area contributed by atoms with E-state index in [2.05, 4.69) is 16.9 Å². The van der Waals surface area contributed by atoms with Gasteiger partial charge in [-0.2, -0.15) is 0 Å². The first kappa shape index (κ1) is 14.7. The number of benzene rings is 1. The van der Waals surface area contributed by atoms with E-state index in [-0.39, 0.29) is 10.9 Å². The van der Waals surface area contributed by atoms with Crippen LogP contribution in [0.25, 0.3) is 11.0 Å². The summed E-state index contributed by atoms with van der Waals surface area (Å²) in [6.45, 7) is 3.22. The Morgan fingerprint density at radius 1 is 1.43 bits per heavy atom. The van der Waals surface area contributed by atoms with Gasteiger partial charge >= 0.3 is 0 Å². The highest BCUT2D eigenvalue weighted by Gasteiger charge is 2.26. The maximum absolute atomic E-state index is 13.9. The number of halogens is 3. The summed E-state index contributed by atoms with van der Waals surface area (Å²) in [5.41, 5.74) is 0.659. The van der Waals surface area contributed by atoms with E-state index in [1.54, 1.807) is 6.92 Å². The summed E-state index contributed by atoms with van der Waals surface area (Å²) in [7, 11) is 2.07. The van der Waals surface area contributed by atoms with Gasteiger partial charge in [0.15, 0.2) is 5.82 Å². The number of nitrogens with zero attached hydrogens (tertiary/aromatic N) is 3. The Hall–Kier alpha value is -1.20. The highest BCUT2D eigenvalue weighted by Crippen LogP contribution is 2.28. The van der Waals surface area contributed by atoms with E-state index in [4.69, 9.17) is 11.6 Å². The van der Waals surface area contributed by atoms with E-state index in [0.29, 0.717) is 23.9 Å². The summed E-state index contributed by atoms with van der Waals surface area (Å²) in [6.07, 6.45) is 2.45. The van der Waals surface area contributed by atoms with Crippen molar-refractivity contribution in [2.24, 2.45) is 0 Å². The minimum atomic E-state index is -0.641. The van der Waals surface area contributed by atoms with Gasteiger partial charge < -0.3 is 9.47 Å². The molecule has 1 aliphatic rings. The topological polar surface area (TPSA) is 21.1 Å². The molecule has 6 heteroatoms. The van der Waals surface area contributed by atoms with Crippen LogP contribution in [-0.2, 0) is 6.54 Å². The van der Waals surface area contributed by atoms with E-state index < -0.39 is 11.6 Å². The molecule has 2 aromatic rings. The molecule has 1 saturated carbocycles. The van der Waals surface area contributed by atoms with E-state index >= 15 is 0 Å². The first-order valence-electron chi connectivity index (χ1n) is 7.17. The number of fused-ring (bicyclic) bond motifs is 1. The third-order valence-electron chi connectivity index (χ3n) is 4.00. The van der Waals surface area contributed by atoms with Crippen LogP contribution in [0.5, 0.6) is 0 Å². The molecule has 21 heavy (non-hydrogen) atoms. The van der Waals surface area contributed by atoms with Gasteiger partial charge in [0.05, 0.1) is 10.9 Å². The van der Waals surface area contributed by atoms with Crippen LogP contribution < -0.4 is 0 Å². The summed E-state index contributed by atoms with van der Waals surface area (Å²) in [5, 5.41) is -0.355. The first-order chi connectivity index (χ1) is 9.97. The number of imidazole rings is 1. The summed E-state index contributed by atoms with van der Waals surface area (Å²) >= 11 is 6.15. The molecule has 1 fully saturated rings. The highest BCUT2D eigenvalue weighted by molar-refractivity contribution is 6.20. The van der Waals surface area contributed by atoms with Crippen molar-refractivity contribution in [1.82, 2.24) is 14.5 Å². The van der Waals surface area contributed by atoms with Gasteiger partial charge in [-0.25, -0.2) is 13.8 Å². The van der Waals surface area contributed by atoms with E-state index in [1.807, 2.05) is 4.57 Å². The van der Waals surface area contributed by atoms with Gasteiger partial charge in [0.1, 0.15) is 17.2 Å². The quantitative estimate of drug-likeness (QED) is 0.785. The third-order valence-corrected chi connectivity index (χ3v) is 4.20. The molecule has 1 atom stereocenters. The zero-order chi connectivity index (χ0) is 15.1. The van der Waals surface area contributed by atoms with E-state index in [9.17, 15) is 8.78 Å². The second kappa shape index (κ2) is 5.54. The predicted molar refractivity (Wildman–Crippen MR) is 79.6 cm³/mol. The third kappa shape index (κ3) is 2.90. The monoisotopic (exact) mass is 313 g/mol. The predicted octanol–water partition coefficient (Wildman–Crippen LogP) is 3.71. The maximum atomic E-state index is 13.9. The normalized spacial score (nSPS) is 16.9. The Balaban J connectivity index is 1.98. The molecule has 0 saturated heterocycles. The second-order valence-corrected chi connectivity index (χ2v) is 6.36. The fourth-order valence-corrected chi connectivity index (χ4v) is 2.83. The molecule has 0 N–H and O–H groups in total. The van der Waals surface area contributed by atoms with Crippen molar-refractivity contribution in [3.63, 3.8) is 0 Å². The van der Waals surface area contributed by atoms with Crippen molar-refractivity contribution in [3.8, 4) is 0 Å². The SMILES string of the molecule is CC(Cl)c1nc2c(F)cc(F)cc2n1CCN(C)C1CC1. The van der Waals surface area contributed by atoms with Crippen LogP contribution in [0.3, 0.4) is 0 Å². The van der Waals surface area contributed by atoms with Crippen molar-refractivity contribution in [2.75, 3.05) is 13.6 Å². The largest absolute Gasteiger partial charge is 0.325 e. The zero-order valence-electron chi connectivity index (χ0n) is 12.1. The maximum Gasteiger partial charge on any atom is 0.153 e. The van der Waals surface area contributed by atoms with Gasteiger partial charge in [-0.3, -0.25) is 0 Å². The van der Waals surface area contributed by atoms with Crippen molar-refractivity contribution < 1.29 is 8.78 Å². The fraction of sp³-hybridized carbons (Fsp3) is 0.533. The Morgan fingerprint density at radius 3 is 2.76 bits per heavy atom. The molecule has 0 aliphatic heterocycles. The lowest BCUT2D eigenvalue weighted by Gasteiger charge is -2.18. The van der Waals surface area contributed by atoms with Crippen LogP contribution in [0, 0.1) is 11.6 Å². The van der Waals surface area contributed by atoms with Crippen molar-refractivity contribution in [3.05, 3.63) is 29.6 Å². The van der Waals surface area contributed by atoms with Gasteiger partial charge in [0.25, 0.3) is 0 Å². The molecule has 0 amide bonds. The van der Waals surface area contributed by atoms with Gasteiger partial charge in [-0.1, -0.05) is 0 Å². The van der Waals surface area contributed by atoms with Crippen LogP contribution in [0.2, 0.25) is 0 Å². The molecule has 0 radical (unpaired) electrons. The van der Waals surface area contributed by atoms with Crippen LogP contribution in [-0.4, -0.2) is 34.1 Å². The fourth-order valence-electron chi connectivity index (χ4n) is 2.66. The molecule has 114 valence electrons. The summed E-state index contributed by atoms with van der Waals surface area (Å²) < 4.78 is 29.2. The Kier molecular flexibility index (Phi) is 3.88. The number of aromatic nitrogens is 2. The van der Waals surface area contributed by atoms with E-state index in [1.165, 1.54) is 18.9 Å². The van der Waals surface area contributed by atoms with Crippen molar-refractivity contribution in [2.45, 2.75) is 37.7 Å². The lowest BCUT2D eigenvalue weighted by atomic mass is 10.3. The molecule has 1 heterocycles. The summed E-state index contributed by atoms with van der Waals surface area (Å²) in [5.74, 6) is -0.649. The number of rotatable bonds is 5. The van der Waals surface area contributed by atoms with Gasteiger partial charge in [0.2, 0.25) is 0 Å². The molecular weight excluding hydrogens is 296 g/mol. The number of hydrogen-bond donors (Lipinski definition) is 0. The molecule has 1 unspecified atom stereocenters. The minimum Gasteiger partial charge on any atom is -0.325 e. The average Bonchev–Trinajstić information content (AvgIpc) is 3.18. The van der Waals surface area contributed by atoms with Crippen LogP contribution in [0.4, 0.5) is 8.78 Å². The molecule has 3 nitrogen and oxygen atoms in total. The Morgan fingerprint density at radius 2 is 2.14 bits per heavy atom. The second-order valence-electron chi connectivity index (χ2n) is 5.70. The molecule has 1 aromatic carbocycles. The van der Waals surface area contributed by atoms with Gasteiger partial charge in [0, 0.05) is 25.2 Å². The average molecular weight is 314 g/mol. The van der Waals surface area contributed by atoms with Gasteiger partial charge in [-0.15, -0.1) is 11.6 Å². The molecule has 0 bridgehead atoms. The molecular formula is C15H18ClF2N3. The molecule has 0 spiro atoms. The van der Waals surface area contributed by atoms with Crippen LogP contribution >= 0.6 is 11.6 Å². The lowest BCUT2D eigenvalue weighted by molar-refractivity contribution is 0.309. The van der Waals surface area contributed by atoms with Gasteiger partial charge in [-0.05, 0) is 32.9 Å². The van der Waals surface area contributed by atoms with Crippen molar-refractivity contribution in [1.29, 1.82) is 0 Å². The summed E-state index contributed by atoms with van der Waals surface area (Å²) in [6, 6.07) is 2.83. The van der Waals surface area contributed by atoms with Crippen LogP contribution in [0.1, 0.15) is 31.0 Å². The molecule has 3 rings (SSSR count). The van der Waals surface area contributed by atoms with Crippen molar-refractivity contribution >= 4 is 22.6 Å². The summed E-state index contributed by atoms with van der Waals surface area (Å²) in [4.78, 5) is 6.53. The number of hydrogen-bond acceptors (Lipinski definition) is 2. The Labute approximate surface area is 127 Å². The standard InChI is InChI=1S/C15H18ClF2N3/c1-9(16)15-19-14-12(18)7-10(17)8-13(14)21(15)6-5-20(2)11-3-4-11/h7-9,11H,3-6H2,1-2H3. The number of alkyl halides is 1. The molecule has 1 aliphatic carbocycles. The Bertz CT molecular complexity index is 664. The minimum absolute atomic E-state index is 0.188. The highest BCUT2D eigenvalue weighted by atomic mass is 35.5. The number of likely N-dealkylation sites (N-methyl/N-ethyl adjacent to an activating group) is 1.